The lowest BCUT2D eigenvalue weighted by molar-refractivity contribution is -0.170. The summed E-state index contributed by atoms with van der Waals surface area (Å²) in [6, 6.07) is 0. The van der Waals surface area contributed by atoms with Gasteiger partial charge in [-0.2, -0.15) is 13.2 Å². The second kappa shape index (κ2) is 2.90. The van der Waals surface area contributed by atoms with Gasteiger partial charge in [0.2, 0.25) is 0 Å². The largest absolute Gasteiger partial charge is 0.392 e. The van der Waals surface area contributed by atoms with E-state index < -0.39 is 27.7 Å². The van der Waals surface area contributed by atoms with Crippen LogP contribution < -0.4 is 0 Å². The van der Waals surface area contributed by atoms with E-state index in [0.717, 1.165) is 0 Å². The Hall–Kier alpha value is -0.260. The van der Waals surface area contributed by atoms with Crippen LogP contribution in [0.2, 0.25) is 0 Å². The van der Waals surface area contributed by atoms with Gasteiger partial charge < -0.3 is 0 Å². The lowest BCUT2D eigenvalue weighted by Crippen LogP contribution is -2.35. The molecule has 0 spiro atoms. The van der Waals surface area contributed by atoms with E-state index in [2.05, 4.69) is 0 Å². The fraction of sp³-hybridized carbons (Fsp3) is 1.00. The van der Waals surface area contributed by atoms with E-state index in [0.29, 0.717) is 0 Å². The van der Waals surface area contributed by atoms with Crippen LogP contribution in [0.15, 0.2) is 0 Å². The number of hydrogen-bond acceptors (Lipinski definition) is 2. The molecule has 1 fully saturated rings. The van der Waals surface area contributed by atoms with Crippen molar-refractivity contribution >= 4 is 9.84 Å². The van der Waals surface area contributed by atoms with Crippen molar-refractivity contribution in [1.29, 1.82) is 0 Å². The fourth-order valence-electron chi connectivity index (χ4n) is 1.28. The van der Waals surface area contributed by atoms with Gasteiger partial charge in [-0.15, -0.1) is 0 Å². The highest BCUT2D eigenvalue weighted by Crippen LogP contribution is 2.33. The maximum atomic E-state index is 12.0. The quantitative estimate of drug-likeness (QED) is 0.594. The molecule has 12 heavy (non-hydrogen) atoms. The summed E-state index contributed by atoms with van der Waals surface area (Å²) in [6.45, 7) is 0. The van der Waals surface area contributed by atoms with Crippen molar-refractivity contribution < 1.29 is 21.6 Å². The molecule has 0 saturated carbocycles. The lowest BCUT2D eigenvalue weighted by Gasteiger charge is -2.23. The van der Waals surface area contributed by atoms with Crippen molar-refractivity contribution in [2.75, 3.05) is 11.5 Å². The summed E-state index contributed by atoms with van der Waals surface area (Å²) in [5, 5.41) is 0. The minimum Gasteiger partial charge on any atom is -0.229 e. The maximum absolute atomic E-state index is 12.0. The Labute approximate surface area is 68.7 Å². The predicted octanol–water partition coefficient (Wildman–Crippen LogP) is 1.37. The molecule has 1 rings (SSSR count). The first-order valence-electron chi connectivity index (χ1n) is 3.58. The molecule has 0 aromatic heterocycles. The summed E-state index contributed by atoms with van der Waals surface area (Å²) >= 11 is 0. The Morgan fingerprint density at radius 2 is 1.83 bits per heavy atom. The van der Waals surface area contributed by atoms with E-state index in [-0.39, 0.29) is 18.6 Å². The molecule has 0 amide bonds. The van der Waals surface area contributed by atoms with Gasteiger partial charge in [0.15, 0.2) is 9.84 Å². The smallest absolute Gasteiger partial charge is 0.229 e. The van der Waals surface area contributed by atoms with E-state index in [4.69, 9.17) is 0 Å². The van der Waals surface area contributed by atoms with Gasteiger partial charge in [0.1, 0.15) is 0 Å². The van der Waals surface area contributed by atoms with Gasteiger partial charge in [-0.3, -0.25) is 0 Å². The third-order valence-corrected chi connectivity index (χ3v) is 3.75. The number of alkyl halides is 3. The minimum atomic E-state index is -4.35. The summed E-state index contributed by atoms with van der Waals surface area (Å²) in [5.74, 6) is -2.47. The zero-order valence-corrected chi connectivity index (χ0v) is 7.08. The predicted molar refractivity (Wildman–Crippen MR) is 37.4 cm³/mol. The first-order valence-corrected chi connectivity index (χ1v) is 5.40. The van der Waals surface area contributed by atoms with Gasteiger partial charge in [0.05, 0.1) is 17.4 Å². The summed E-state index contributed by atoms with van der Waals surface area (Å²) in [4.78, 5) is 0. The third kappa shape index (κ3) is 2.36. The highest BCUT2D eigenvalue weighted by molar-refractivity contribution is 7.91. The van der Waals surface area contributed by atoms with E-state index >= 15 is 0 Å². The SMILES string of the molecule is O=S1(=O)CCCC(C(F)(F)F)C1. The van der Waals surface area contributed by atoms with Gasteiger partial charge in [0, 0.05) is 0 Å². The van der Waals surface area contributed by atoms with Crippen LogP contribution in [0.4, 0.5) is 13.2 Å². The number of hydrogen-bond donors (Lipinski definition) is 0. The molecular weight excluding hydrogens is 193 g/mol. The molecule has 2 nitrogen and oxygen atoms in total. The van der Waals surface area contributed by atoms with Crippen molar-refractivity contribution in [3.05, 3.63) is 0 Å². The number of rotatable bonds is 0. The second-order valence-corrected chi connectivity index (χ2v) is 5.22. The Kier molecular flexibility index (Phi) is 2.38. The first-order chi connectivity index (χ1) is 5.31. The van der Waals surface area contributed by atoms with Crippen LogP contribution in [0.25, 0.3) is 0 Å². The van der Waals surface area contributed by atoms with Crippen molar-refractivity contribution in [2.45, 2.75) is 19.0 Å². The fourth-order valence-corrected chi connectivity index (χ4v) is 3.02. The van der Waals surface area contributed by atoms with Gasteiger partial charge in [0.25, 0.3) is 0 Å². The Bertz CT molecular complexity index is 254. The summed E-state index contributed by atoms with van der Waals surface area (Å²) < 4.78 is 57.7. The number of halogens is 3. The van der Waals surface area contributed by atoms with Gasteiger partial charge >= 0.3 is 6.18 Å². The van der Waals surface area contributed by atoms with E-state index in [1.54, 1.807) is 0 Å². The molecule has 0 aromatic carbocycles. The van der Waals surface area contributed by atoms with Crippen LogP contribution in [-0.2, 0) is 9.84 Å². The van der Waals surface area contributed by atoms with Gasteiger partial charge in [-0.1, -0.05) is 0 Å². The van der Waals surface area contributed by atoms with Crippen molar-refractivity contribution in [3.63, 3.8) is 0 Å². The topological polar surface area (TPSA) is 34.1 Å². The van der Waals surface area contributed by atoms with Crippen molar-refractivity contribution in [3.8, 4) is 0 Å². The third-order valence-electron chi connectivity index (χ3n) is 1.93. The second-order valence-electron chi connectivity index (χ2n) is 3.00. The summed E-state index contributed by atoms with van der Waals surface area (Å²) in [7, 11) is -3.44. The molecular formula is C6H9F3O2S. The number of sulfone groups is 1. The molecule has 0 aromatic rings. The normalized spacial score (nSPS) is 30.1. The zero-order valence-electron chi connectivity index (χ0n) is 6.26. The monoisotopic (exact) mass is 202 g/mol. The molecule has 1 saturated heterocycles. The molecule has 1 heterocycles. The van der Waals surface area contributed by atoms with Crippen molar-refractivity contribution in [2.24, 2.45) is 5.92 Å². The highest BCUT2D eigenvalue weighted by Gasteiger charge is 2.43. The molecule has 72 valence electrons. The Morgan fingerprint density at radius 3 is 2.17 bits per heavy atom. The highest BCUT2D eigenvalue weighted by atomic mass is 32.2. The van der Waals surface area contributed by atoms with Crippen LogP contribution in [0.1, 0.15) is 12.8 Å². The maximum Gasteiger partial charge on any atom is 0.392 e. The molecule has 6 heteroatoms. The lowest BCUT2D eigenvalue weighted by atomic mass is 10.1. The standard InChI is InChI=1S/C6H9F3O2S/c7-6(8,9)5-2-1-3-12(10,11)4-5/h5H,1-4H2. The average Bonchev–Trinajstić information content (AvgIpc) is 1.83. The van der Waals surface area contributed by atoms with E-state index in [1.807, 2.05) is 0 Å². The van der Waals surface area contributed by atoms with Crippen LogP contribution in [0.3, 0.4) is 0 Å². The van der Waals surface area contributed by atoms with Crippen LogP contribution in [0, 0.1) is 5.92 Å². The van der Waals surface area contributed by atoms with Crippen LogP contribution in [0.5, 0.6) is 0 Å². The zero-order chi connectivity index (χ0) is 9.41. The molecule has 1 aliphatic rings. The molecule has 1 atom stereocenters. The van der Waals surface area contributed by atoms with Crippen LogP contribution >= 0.6 is 0 Å². The molecule has 0 aliphatic carbocycles. The minimum absolute atomic E-state index is 0.0528. The van der Waals surface area contributed by atoms with Gasteiger partial charge in [-0.25, -0.2) is 8.42 Å². The Balaban J connectivity index is 2.71. The van der Waals surface area contributed by atoms with Gasteiger partial charge in [-0.05, 0) is 12.8 Å². The first kappa shape index (κ1) is 9.83. The molecule has 0 radical (unpaired) electrons. The molecule has 0 N–H and O–H groups in total. The van der Waals surface area contributed by atoms with Crippen LogP contribution in [-0.4, -0.2) is 26.1 Å². The molecule has 1 unspecified atom stereocenters. The Morgan fingerprint density at radius 1 is 1.25 bits per heavy atom. The van der Waals surface area contributed by atoms with E-state index in [1.165, 1.54) is 0 Å². The summed E-state index contributed by atoms with van der Waals surface area (Å²) in [6.07, 6.45) is -4.28. The summed E-state index contributed by atoms with van der Waals surface area (Å²) in [5.41, 5.74) is 0. The average molecular weight is 202 g/mol. The van der Waals surface area contributed by atoms with E-state index in [9.17, 15) is 21.6 Å². The molecule has 1 aliphatic heterocycles. The molecule has 0 bridgehead atoms. The van der Waals surface area contributed by atoms with Crippen molar-refractivity contribution in [1.82, 2.24) is 0 Å².